The van der Waals surface area contributed by atoms with Gasteiger partial charge in [0.2, 0.25) is 15.9 Å². The minimum absolute atomic E-state index is 0.0164. The topological polar surface area (TPSA) is 104 Å². The lowest BCUT2D eigenvalue weighted by molar-refractivity contribution is -0.126. The molecule has 0 unspecified atom stereocenters. The fraction of sp³-hybridized carbons (Fsp3) is 0.261. The highest BCUT2D eigenvalue weighted by atomic mass is 32.1. The summed E-state index contributed by atoms with van der Waals surface area (Å²) in [5, 5.41) is 13.2. The molecule has 8 nitrogen and oxygen atoms in total. The van der Waals surface area contributed by atoms with Gasteiger partial charge in [0.05, 0.1) is 0 Å². The maximum atomic E-state index is 13.0. The molecule has 2 N–H and O–H groups in total. The number of nitrogens with one attached hydrogen (secondary N) is 2. The van der Waals surface area contributed by atoms with Crippen molar-refractivity contribution in [3.8, 4) is 0 Å². The lowest BCUT2D eigenvalue weighted by Crippen LogP contribution is -2.42. The van der Waals surface area contributed by atoms with Crippen molar-refractivity contribution in [3.05, 3.63) is 75.7 Å². The number of likely N-dealkylation sites (tertiary alicyclic amines) is 1. The number of benzene rings is 2. The van der Waals surface area contributed by atoms with E-state index >= 15 is 0 Å². The molecule has 34 heavy (non-hydrogen) atoms. The molecule has 0 bridgehead atoms. The first-order chi connectivity index (χ1) is 16.4. The summed E-state index contributed by atoms with van der Waals surface area (Å²) in [4.78, 5) is 39.1. The third-order valence-electron chi connectivity index (χ3n) is 5.44. The van der Waals surface area contributed by atoms with Crippen molar-refractivity contribution < 1.29 is 23.2 Å². The van der Waals surface area contributed by atoms with E-state index < -0.39 is 11.7 Å². The highest BCUT2D eigenvalue weighted by Crippen LogP contribution is 2.21. The van der Waals surface area contributed by atoms with Gasteiger partial charge < -0.3 is 15.5 Å². The van der Waals surface area contributed by atoms with E-state index in [-0.39, 0.29) is 33.6 Å². The molecule has 4 rings (SSSR count). The van der Waals surface area contributed by atoms with E-state index in [0.717, 1.165) is 16.9 Å². The molecule has 11 heteroatoms. The van der Waals surface area contributed by atoms with Gasteiger partial charge in [0.25, 0.3) is 11.8 Å². The van der Waals surface area contributed by atoms with Crippen LogP contribution in [0.2, 0.25) is 0 Å². The Labute approximate surface area is 198 Å². The summed E-state index contributed by atoms with van der Waals surface area (Å²) < 4.78 is 26.0. The average molecular weight is 486 g/mol. The first-order valence-electron chi connectivity index (χ1n) is 10.6. The van der Waals surface area contributed by atoms with E-state index in [1.54, 1.807) is 17.0 Å². The summed E-state index contributed by atoms with van der Waals surface area (Å²) in [5.41, 5.74) is 1.20. The van der Waals surface area contributed by atoms with E-state index in [1.165, 1.54) is 36.4 Å². The molecule has 2 aromatic carbocycles. The molecule has 0 saturated carbocycles. The Balaban J connectivity index is 1.26. The van der Waals surface area contributed by atoms with Gasteiger partial charge in [-0.15, -0.1) is 10.2 Å². The van der Waals surface area contributed by atoms with E-state index in [1.807, 2.05) is 0 Å². The third kappa shape index (κ3) is 5.79. The van der Waals surface area contributed by atoms with Crippen molar-refractivity contribution in [2.75, 3.05) is 18.4 Å². The van der Waals surface area contributed by atoms with Gasteiger partial charge in [-0.2, -0.15) is 0 Å². The van der Waals surface area contributed by atoms with Gasteiger partial charge in [0.15, 0.2) is 0 Å². The maximum absolute atomic E-state index is 13.0. The van der Waals surface area contributed by atoms with Crippen LogP contribution in [0.3, 0.4) is 0 Å². The molecule has 1 saturated heterocycles. The Morgan fingerprint density at radius 1 is 0.912 bits per heavy atom. The third-order valence-corrected chi connectivity index (χ3v) is 6.35. The van der Waals surface area contributed by atoms with Crippen LogP contribution >= 0.6 is 11.3 Å². The number of carbonyl (C=O) groups is 3. The monoisotopic (exact) mass is 485 g/mol. The molecule has 0 aliphatic carbocycles. The van der Waals surface area contributed by atoms with Gasteiger partial charge in [0, 0.05) is 31.2 Å². The Hall–Kier alpha value is -3.73. The van der Waals surface area contributed by atoms with Crippen molar-refractivity contribution >= 4 is 34.7 Å². The molecular weight excluding hydrogens is 464 g/mol. The van der Waals surface area contributed by atoms with Crippen LogP contribution in [0, 0.1) is 17.6 Å². The minimum Gasteiger partial charge on any atom is -0.352 e. The standard InChI is InChI=1S/C23H21F2N5O3S/c24-16-3-1-14(2-4-16)13-26-19(31)15-9-11-30(12-10-15)23(33)22-29-28-21(34-22)20(32)27-18-7-5-17(25)6-8-18/h1-8,15H,9-13H2,(H,26,31)(H,27,32). The first-order valence-corrected chi connectivity index (χ1v) is 11.4. The summed E-state index contributed by atoms with van der Waals surface area (Å²) in [5.74, 6) is -1.97. The smallest absolute Gasteiger partial charge is 0.286 e. The van der Waals surface area contributed by atoms with Crippen LogP contribution in [-0.4, -0.2) is 45.9 Å². The highest BCUT2D eigenvalue weighted by Gasteiger charge is 2.29. The fourth-order valence-corrected chi connectivity index (χ4v) is 4.24. The molecule has 3 aromatic rings. The number of halogens is 2. The summed E-state index contributed by atoms with van der Waals surface area (Å²) in [6, 6.07) is 11.2. The fourth-order valence-electron chi connectivity index (χ4n) is 3.53. The summed E-state index contributed by atoms with van der Waals surface area (Å²) in [6.45, 7) is 1.07. The zero-order chi connectivity index (χ0) is 24.1. The van der Waals surface area contributed by atoms with Crippen LogP contribution in [0.4, 0.5) is 14.5 Å². The number of hydrogen-bond acceptors (Lipinski definition) is 6. The zero-order valence-corrected chi connectivity index (χ0v) is 18.8. The molecule has 1 aromatic heterocycles. The second-order valence-corrected chi connectivity index (χ2v) is 8.76. The van der Waals surface area contributed by atoms with Crippen LogP contribution in [0.25, 0.3) is 0 Å². The summed E-state index contributed by atoms with van der Waals surface area (Å²) >= 11 is 0.873. The second-order valence-electron chi connectivity index (χ2n) is 7.78. The second kappa shape index (κ2) is 10.5. The Morgan fingerprint density at radius 2 is 1.50 bits per heavy atom. The van der Waals surface area contributed by atoms with Crippen molar-refractivity contribution in [2.24, 2.45) is 5.92 Å². The molecule has 2 heterocycles. The van der Waals surface area contributed by atoms with E-state index in [4.69, 9.17) is 0 Å². The minimum atomic E-state index is -0.542. The molecular formula is C23H21F2N5O3S. The molecule has 176 valence electrons. The van der Waals surface area contributed by atoms with Crippen LogP contribution in [0.15, 0.2) is 48.5 Å². The lowest BCUT2D eigenvalue weighted by atomic mass is 9.96. The van der Waals surface area contributed by atoms with Gasteiger partial charge in [-0.3, -0.25) is 14.4 Å². The molecule has 0 spiro atoms. The van der Waals surface area contributed by atoms with Crippen LogP contribution in [0.5, 0.6) is 0 Å². The van der Waals surface area contributed by atoms with Gasteiger partial charge in [0.1, 0.15) is 11.6 Å². The Bertz CT molecular complexity index is 1180. The Morgan fingerprint density at radius 3 is 2.15 bits per heavy atom. The molecule has 0 radical (unpaired) electrons. The first kappa shape index (κ1) is 23.4. The number of amides is 3. The van der Waals surface area contributed by atoms with Crippen molar-refractivity contribution in [1.82, 2.24) is 20.4 Å². The van der Waals surface area contributed by atoms with Crippen molar-refractivity contribution in [3.63, 3.8) is 0 Å². The number of hydrogen-bond donors (Lipinski definition) is 2. The molecule has 1 aliphatic rings. The quantitative estimate of drug-likeness (QED) is 0.558. The van der Waals surface area contributed by atoms with E-state index in [2.05, 4.69) is 20.8 Å². The normalized spacial score (nSPS) is 14.0. The van der Waals surface area contributed by atoms with Crippen LogP contribution in [0.1, 0.15) is 38.0 Å². The molecule has 1 aliphatic heterocycles. The van der Waals surface area contributed by atoms with Gasteiger partial charge in [-0.25, -0.2) is 8.78 Å². The van der Waals surface area contributed by atoms with Gasteiger partial charge in [-0.05, 0) is 54.8 Å². The number of carbonyl (C=O) groups excluding carboxylic acids is 3. The molecule has 3 amide bonds. The van der Waals surface area contributed by atoms with E-state index in [0.29, 0.717) is 38.2 Å². The highest BCUT2D eigenvalue weighted by molar-refractivity contribution is 7.15. The van der Waals surface area contributed by atoms with Gasteiger partial charge in [-0.1, -0.05) is 23.5 Å². The predicted molar refractivity (Wildman–Crippen MR) is 121 cm³/mol. The lowest BCUT2D eigenvalue weighted by Gasteiger charge is -2.30. The Kier molecular flexibility index (Phi) is 7.21. The average Bonchev–Trinajstić information content (AvgIpc) is 3.35. The summed E-state index contributed by atoms with van der Waals surface area (Å²) in [7, 11) is 0. The van der Waals surface area contributed by atoms with Crippen molar-refractivity contribution in [2.45, 2.75) is 19.4 Å². The number of rotatable bonds is 6. The van der Waals surface area contributed by atoms with Crippen molar-refractivity contribution in [1.29, 1.82) is 0 Å². The zero-order valence-electron chi connectivity index (χ0n) is 18.0. The van der Waals surface area contributed by atoms with Crippen LogP contribution in [-0.2, 0) is 11.3 Å². The number of nitrogens with zero attached hydrogens (tertiary/aromatic N) is 3. The maximum Gasteiger partial charge on any atom is 0.286 e. The summed E-state index contributed by atoms with van der Waals surface area (Å²) in [6.07, 6.45) is 0.995. The molecule has 0 atom stereocenters. The number of anilines is 1. The predicted octanol–water partition coefficient (Wildman–Crippen LogP) is 3.24. The SMILES string of the molecule is O=C(Nc1ccc(F)cc1)c1nnc(C(=O)N2CCC(C(=O)NCc3ccc(F)cc3)CC2)s1. The van der Waals surface area contributed by atoms with Gasteiger partial charge >= 0.3 is 0 Å². The largest absolute Gasteiger partial charge is 0.352 e. The van der Waals surface area contributed by atoms with E-state index in [9.17, 15) is 23.2 Å². The number of piperidine rings is 1. The van der Waals surface area contributed by atoms with Crippen LogP contribution < -0.4 is 10.6 Å². The number of aromatic nitrogens is 2. The molecule has 1 fully saturated rings.